The van der Waals surface area contributed by atoms with E-state index in [0.717, 1.165) is 0 Å². The molecule has 0 fully saturated rings. The van der Waals surface area contributed by atoms with E-state index in [0.29, 0.717) is 17.1 Å². The summed E-state index contributed by atoms with van der Waals surface area (Å²) in [6, 6.07) is 13.4. The second-order valence-electron chi connectivity index (χ2n) is 4.83. The minimum atomic E-state index is -0.866. The number of amides is 1. The van der Waals surface area contributed by atoms with Crippen molar-refractivity contribution >= 4 is 23.0 Å². The van der Waals surface area contributed by atoms with Gasteiger partial charge in [0.25, 0.3) is 11.6 Å². The average Bonchev–Trinajstić information content (AvgIpc) is 2.53. The first kappa shape index (κ1) is 13.9. The first-order valence-electron chi connectivity index (χ1n) is 6.64. The summed E-state index contributed by atoms with van der Waals surface area (Å²) < 4.78 is 5.56. The molecule has 0 radical (unpaired) electrons. The standard InChI is InChI=1S/C15H13N3O4/c16-15(19)14-9-17(12-7-3-4-8-13(12)22-14)10-5-1-2-6-11(10)18(20)21/h1-8,14H,9H2,(H2,16,19)/t14-/m1/s1. The van der Waals surface area contributed by atoms with Gasteiger partial charge in [0.2, 0.25) is 0 Å². The second kappa shape index (κ2) is 5.36. The molecule has 0 saturated carbocycles. The maximum Gasteiger partial charge on any atom is 0.292 e. The number of rotatable bonds is 3. The van der Waals surface area contributed by atoms with Crippen molar-refractivity contribution in [2.75, 3.05) is 11.4 Å². The van der Waals surface area contributed by atoms with Crippen molar-refractivity contribution in [2.45, 2.75) is 6.10 Å². The van der Waals surface area contributed by atoms with E-state index in [1.54, 1.807) is 47.4 Å². The summed E-state index contributed by atoms with van der Waals surface area (Å²) in [7, 11) is 0. The van der Waals surface area contributed by atoms with E-state index in [1.165, 1.54) is 6.07 Å². The third-order valence-corrected chi connectivity index (χ3v) is 3.46. The number of anilines is 2. The largest absolute Gasteiger partial charge is 0.477 e. The predicted octanol–water partition coefficient (Wildman–Crippen LogP) is 1.98. The van der Waals surface area contributed by atoms with Crippen LogP contribution in [0.3, 0.4) is 0 Å². The molecule has 0 aromatic heterocycles. The number of nitrogens with two attached hydrogens (primary N) is 1. The predicted molar refractivity (Wildman–Crippen MR) is 80.2 cm³/mol. The molecule has 0 bridgehead atoms. The number of para-hydroxylation sites is 4. The van der Waals surface area contributed by atoms with Gasteiger partial charge in [-0.3, -0.25) is 14.9 Å². The van der Waals surface area contributed by atoms with E-state index in [1.807, 2.05) is 0 Å². The molecule has 3 rings (SSSR count). The zero-order valence-electron chi connectivity index (χ0n) is 11.5. The number of nitro groups is 1. The molecule has 22 heavy (non-hydrogen) atoms. The van der Waals surface area contributed by atoms with Gasteiger partial charge in [0.05, 0.1) is 17.2 Å². The highest BCUT2D eigenvalue weighted by Crippen LogP contribution is 2.41. The lowest BCUT2D eigenvalue weighted by Crippen LogP contribution is -2.45. The SMILES string of the molecule is NC(=O)[C@H]1CN(c2ccccc2[N+](=O)[O-])c2ccccc2O1. The van der Waals surface area contributed by atoms with E-state index >= 15 is 0 Å². The van der Waals surface area contributed by atoms with Gasteiger partial charge in [-0.1, -0.05) is 24.3 Å². The van der Waals surface area contributed by atoms with Crippen LogP contribution >= 0.6 is 0 Å². The first-order valence-corrected chi connectivity index (χ1v) is 6.64. The van der Waals surface area contributed by atoms with Gasteiger partial charge in [-0.25, -0.2) is 0 Å². The van der Waals surface area contributed by atoms with Crippen molar-refractivity contribution in [3.63, 3.8) is 0 Å². The fraction of sp³-hybridized carbons (Fsp3) is 0.133. The third-order valence-electron chi connectivity index (χ3n) is 3.46. The third kappa shape index (κ3) is 2.32. The highest BCUT2D eigenvalue weighted by molar-refractivity contribution is 5.84. The van der Waals surface area contributed by atoms with Crippen LogP contribution < -0.4 is 15.4 Å². The quantitative estimate of drug-likeness (QED) is 0.690. The van der Waals surface area contributed by atoms with Crippen LogP contribution in [0.25, 0.3) is 0 Å². The van der Waals surface area contributed by atoms with Crippen molar-refractivity contribution in [1.29, 1.82) is 0 Å². The number of carbonyl (C=O) groups is 1. The normalized spacial score (nSPS) is 16.5. The maximum atomic E-state index is 11.5. The Bertz CT molecular complexity index is 747. The number of fused-ring (bicyclic) bond motifs is 1. The smallest absolute Gasteiger partial charge is 0.292 e. The molecule has 112 valence electrons. The van der Waals surface area contributed by atoms with Crippen molar-refractivity contribution < 1.29 is 14.5 Å². The number of carbonyl (C=O) groups excluding carboxylic acids is 1. The van der Waals surface area contributed by atoms with Gasteiger partial charge in [0, 0.05) is 6.07 Å². The highest BCUT2D eigenvalue weighted by atomic mass is 16.6. The Hall–Kier alpha value is -3.09. The molecule has 0 saturated heterocycles. The number of hydrogen-bond acceptors (Lipinski definition) is 5. The summed E-state index contributed by atoms with van der Waals surface area (Å²) in [5, 5.41) is 11.2. The zero-order valence-corrected chi connectivity index (χ0v) is 11.5. The summed E-state index contributed by atoms with van der Waals surface area (Å²) in [6.07, 6.45) is -0.866. The summed E-state index contributed by atoms with van der Waals surface area (Å²) in [4.78, 5) is 24.0. The molecule has 2 N–H and O–H groups in total. The second-order valence-corrected chi connectivity index (χ2v) is 4.83. The van der Waals surface area contributed by atoms with E-state index in [2.05, 4.69) is 0 Å². The zero-order chi connectivity index (χ0) is 15.7. The number of ether oxygens (including phenoxy) is 1. The van der Waals surface area contributed by atoms with E-state index < -0.39 is 16.9 Å². The summed E-state index contributed by atoms with van der Waals surface area (Å²) in [5.74, 6) is -0.145. The van der Waals surface area contributed by atoms with E-state index in [-0.39, 0.29) is 12.2 Å². The Morgan fingerprint density at radius 3 is 2.50 bits per heavy atom. The van der Waals surface area contributed by atoms with Crippen LogP contribution in [0.4, 0.5) is 17.1 Å². The van der Waals surface area contributed by atoms with Gasteiger partial charge in [0.1, 0.15) is 11.4 Å². The number of benzene rings is 2. The topological polar surface area (TPSA) is 98.7 Å². The molecule has 0 unspecified atom stereocenters. The van der Waals surface area contributed by atoms with Crippen LogP contribution in [0.1, 0.15) is 0 Å². The fourth-order valence-corrected chi connectivity index (χ4v) is 2.46. The maximum absolute atomic E-state index is 11.5. The van der Waals surface area contributed by atoms with Gasteiger partial charge in [0.15, 0.2) is 6.10 Å². The van der Waals surface area contributed by atoms with Crippen molar-refractivity contribution in [3.8, 4) is 5.75 Å². The van der Waals surface area contributed by atoms with Crippen LogP contribution in [-0.4, -0.2) is 23.5 Å². The molecule has 2 aromatic rings. The number of nitro benzene ring substituents is 1. The molecule has 1 aliphatic heterocycles. The Labute approximate surface area is 126 Å². The summed E-state index contributed by atoms with van der Waals surface area (Å²) in [6.45, 7) is 0.122. The minimum absolute atomic E-state index is 0.0394. The number of hydrogen-bond donors (Lipinski definition) is 1. The van der Waals surface area contributed by atoms with Crippen LogP contribution in [-0.2, 0) is 4.79 Å². The summed E-state index contributed by atoms with van der Waals surface area (Å²) >= 11 is 0. The molecule has 7 nitrogen and oxygen atoms in total. The van der Waals surface area contributed by atoms with Crippen molar-refractivity contribution in [3.05, 3.63) is 58.6 Å². The van der Waals surface area contributed by atoms with Gasteiger partial charge in [-0.2, -0.15) is 0 Å². The van der Waals surface area contributed by atoms with Crippen molar-refractivity contribution in [1.82, 2.24) is 0 Å². The Morgan fingerprint density at radius 2 is 1.82 bits per heavy atom. The molecule has 2 aromatic carbocycles. The molecular weight excluding hydrogens is 286 g/mol. The lowest BCUT2D eigenvalue weighted by molar-refractivity contribution is -0.384. The Morgan fingerprint density at radius 1 is 1.18 bits per heavy atom. The van der Waals surface area contributed by atoms with Gasteiger partial charge < -0.3 is 15.4 Å². The molecular formula is C15H13N3O4. The van der Waals surface area contributed by atoms with Gasteiger partial charge >= 0.3 is 0 Å². The molecule has 0 aliphatic carbocycles. The highest BCUT2D eigenvalue weighted by Gasteiger charge is 2.32. The molecule has 1 heterocycles. The molecule has 1 atom stereocenters. The first-order chi connectivity index (χ1) is 10.6. The van der Waals surface area contributed by atoms with Crippen LogP contribution in [0.5, 0.6) is 5.75 Å². The van der Waals surface area contributed by atoms with Gasteiger partial charge in [-0.05, 0) is 18.2 Å². The number of nitrogens with zero attached hydrogens (tertiary/aromatic N) is 2. The van der Waals surface area contributed by atoms with E-state index in [9.17, 15) is 14.9 Å². The monoisotopic (exact) mass is 299 g/mol. The van der Waals surface area contributed by atoms with Crippen LogP contribution in [0, 0.1) is 10.1 Å². The van der Waals surface area contributed by atoms with Crippen molar-refractivity contribution in [2.24, 2.45) is 5.73 Å². The lowest BCUT2D eigenvalue weighted by Gasteiger charge is -2.34. The Kier molecular flexibility index (Phi) is 3.38. The lowest BCUT2D eigenvalue weighted by atomic mass is 10.1. The average molecular weight is 299 g/mol. The van der Waals surface area contributed by atoms with Gasteiger partial charge in [-0.15, -0.1) is 0 Å². The Balaban J connectivity index is 2.13. The fourth-order valence-electron chi connectivity index (χ4n) is 2.46. The molecule has 1 amide bonds. The molecule has 1 aliphatic rings. The van der Waals surface area contributed by atoms with E-state index in [4.69, 9.17) is 10.5 Å². The minimum Gasteiger partial charge on any atom is -0.477 e. The van der Waals surface area contributed by atoms with Crippen LogP contribution in [0.2, 0.25) is 0 Å². The number of primary amides is 1. The molecule has 0 spiro atoms. The van der Waals surface area contributed by atoms with Crippen LogP contribution in [0.15, 0.2) is 48.5 Å². The summed E-state index contributed by atoms with van der Waals surface area (Å²) in [5.41, 5.74) is 6.36. The molecule has 7 heteroatoms.